The fraction of sp³-hybridized carbons (Fsp3) is 0.310. The molecule has 0 atom stereocenters. The summed E-state index contributed by atoms with van der Waals surface area (Å²) in [5, 5.41) is 0.718. The third-order valence-electron chi connectivity index (χ3n) is 6.84. The highest BCUT2D eigenvalue weighted by Crippen LogP contribution is 2.30. The Kier molecular flexibility index (Phi) is 8.43. The van der Waals surface area contributed by atoms with E-state index < -0.39 is 0 Å². The van der Waals surface area contributed by atoms with Gasteiger partial charge in [0.25, 0.3) is 5.91 Å². The van der Waals surface area contributed by atoms with Crippen LogP contribution < -0.4 is 9.47 Å². The number of carbonyl (C=O) groups is 1. The van der Waals surface area contributed by atoms with Gasteiger partial charge >= 0.3 is 0 Å². The summed E-state index contributed by atoms with van der Waals surface area (Å²) in [5.74, 6) is 1.90. The van der Waals surface area contributed by atoms with Gasteiger partial charge in [0.2, 0.25) is 11.8 Å². The Morgan fingerprint density at radius 1 is 0.897 bits per heavy atom. The van der Waals surface area contributed by atoms with Crippen LogP contribution in [0.15, 0.2) is 78.1 Å². The number of nitrogens with zero attached hydrogens (tertiary/aromatic N) is 6. The Morgan fingerprint density at radius 3 is 2.00 bits per heavy atom. The molecule has 0 spiro atoms. The third kappa shape index (κ3) is 6.07. The summed E-state index contributed by atoms with van der Waals surface area (Å²) in [6.45, 7) is 2.88. The van der Waals surface area contributed by atoms with Crippen molar-refractivity contribution in [1.29, 1.82) is 0 Å². The first-order valence-corrected chi connectivity index (χ1v) is 13.8. The zero-order valence-electron chi connectivity index (χ0n) is 22.4. The van der Waals surface area contributed by atoms with Crippen LogP contribution in [-0.4, -0.2) is 75.6 Å². The number of rotatable bonds is 9. The number of benzene rings is 2. The van der Waals surface area contributed by atoms with E-state index >= 15 is 0 Å². The molecule has 4 aromatic rings. The van der Waals surface area contributed by atoms with Crippen LogP contribution in [0.1, 0.15) is 33.5 Å². The molecule has 39 heavy (non-hydrogen) atoms. The molecule has 0 unspecified atom stereocenters. The molecular formula is C29H32N6O3S. The van der Waals surface area contributed by atoms with Crippen molar-refractivity contribution in [3.8, 4) is 11.8 Å². The molecule has 1 amide bonds. The molecule has 0 saturated carbocycles. The van der Waals surface area contributed by atoms with Gasteiger partial charge in [-0.25, -0.2) is 4.98 Å². The van der Waals surface area contributed by atoms with Gasteiger partial charge in [0.15, 0.2) is 5.16 Å². The Balaban J connectivity index is 1.24. The van der Waals surface area contributed by atoms with Crippen LogP contribution in [0.3, 0.4) is 0 Å². The van der Waals surface area contributed by atoms with Crippen molar-refractivity contribution in [3.63, 3.8) is 0 Å². The number of methoxy groups -OCH3 is 2. The molecule has 10 heteroatoms. The maximum Gasteiger partial charge on any atom is 0.272 e. The lowest BCUT2D eigenvalue weighted by atomic mass is 9.96. The molecule has 1 aliphatic heterocycles. The van der Waals surface area contributed by atoms with Crippen LogP contribution in [0.2, 0.25) is 0 Å². The first-order valence-electron chi connectivity index (χ1n) is 12.8. The van der Waals surface area contributed by atoms with Crippen molar-refractivity contribution in [3.05, 3.63) is 95.6 Å². The smallest absolute Gasteiger partial charge is 0.272 e. The van der Waals surface area contributed by atoms with Crippen LogP contribution in [-0.2, 0) is 12.8 Å². The fourth-order valence-corrected chi connectivity index (χ4v) is 5.61. The van der Waals surface area contributed by atoms with Gasteiger partial charge < -0.3 is 18.9 Å². The largest absolute Gasteiger partial charge is 0.481 e. The summed E-state index contributed by atoms with van der Waals surface area (Å²) >= 11 is 1.46. The molecule has 1 fully saturated rings. The van der Waals surface area contributed by atoms with E-state index in [9.17, 15) is 4.79 Å². The summed E-state index contributed by atoms with van der Waals surface area (Å²) < 4.78 is 12.3. The molecular weight excluding hydrogens is 512 g/mol. The first-order chi connectivity index (χ1) is 19.1. The van der Waals surface area contributed by atoms with E-state index in [-0.39, 0.29) is 11.9 Å². The van der Waals surface area contributed by atoms with Gasteiger partial charge in [-0.3, -0.25) is 9.69 Å². The normalized spacial score (nSPS) is 14.0. The lowest BCUT2D eigenvalue weighted by molar-refractivity contribution is 0.0587. The van der Waals surface area contributed by atoms with Gasteiger partial charge in [-0.2, -0.15) is 9.97 Å². The number of thioether (sulfide) groups is 1. The van der Waals surface area contributed by atoms with Gasteiger partial charge in [-0.15, -0.1) is 0 Å². The molecule has 3 heterocycles. The first kappa shape index (κ1) is 26.7. The number of imidazole rings is 1. The molecule has 2 aromatic heterocycles. The minimum atomic E-state index is -0.00762. The maximum atomic E-state index is 13.5. The lowest BCUT2D eigenvalue weighted by Gasteiger charge is -2.39. The number of amides is 1. The second kappa shape index (κ2) is 12.3. The van der Waals surface area contributed by atoms with Crippen molar-refractivity contribution in [2.75, 3.05) is 40.4 Å². The van der Waals surface area contributed by atoms with Crippen molar-refractivity contribution in [1.82, 2.24) is 29.3 Å². The summed E-state index contributed by atoms with van der Waals surface area (Å²) in [5.41, 5.74) is 3.08. The van der Waals surface area contributed by atoms with E-state index in [1.807, 2.05) is 28.6 Å². The van der Waals surface area contributed by atoms with Crippen molar-refractivity contribution in [2.24, 2.45) is 7.05 Å². The predicted molar refractivity (Wildman–Crippen MR) is 150 cm³/mol. The minimum absolute atomic E-state index is 0.00762. The van der Waals surface area contributed by atoms with Gasteiger partial charge in [0.1, 0.15) is 11.5 Å². The maximum absolute atomic E-state index is 13.5. The van der Waals surface area contributed by atoms with Crippen molar-refractivity contribution >= 4 is 17.7 Å². The van der Waals surface area contributed by atoms with Crippen LogP contribution in [0, 0.1) is 0 Å². The number of aromatic nitrogens is 4. The Hall–Kier alpha value is -3.89. The van der Waals surface area contributed by atoms with E-state index in [4.69, 9.17) is 9.47 Å². The van der Waals surface area contributed by atoms with Gasteiger partial charge in [-0.05, 0) is 11.1 Å². The quantitative estimate of drug-likeness (QED) is 0.292. The average molecular weight is 545 g/mol. The Labute approximate surface area is 232 Å². The number of piperazine rings is 1. The molecule has 1 aliphatic rings. The van der Waals surface area contributed by atoms with Crippen LogP contribution >= 0.6 is 11.8 Å². The van der Waals surface area contributed by atoms with Crippen molar-refractivity contribution in [2.45, 2.75) is 17.0 Å². The molecule has 0 radical (unpaired) electrons. The van der Waals surface area contributed by atoms with Crippen LogP contribution in [0.25, 0.3) is 0 Å². The number of ether oxygens (including phenoxy) is 2. The lowest BCUT2D eigenvalue weighted by Crippen LogP contribution is -2.50. The van der Waals surface area contributed by atoms with Crippen LogP contribution in [0.4, 0.5) is 0 Å². The van der Waals surface area contributed by atoms with Crippen molar-refractivity contribution < 1.29 is 14.3 Å². The van der Waals surface area contributed by atoms with Gasteiger partial charge in [0, 0.05) is 33.2 Å². The highest BCUT2D eigenvalue weighted by Gasteiger charge is 2.29. The standard InChI is InChI=1S/C29H32N6O3S/c1-33-23(19-30-29(33)39-20-24-31-25(37-2)18-26(32-24)38-3)28(36)35-16-14-34(15-17-35)27(21-10-6-4-7-11-21)22-12-8-5-9-13-22/h4-13,18-19,27H,14-17,20H2,1-3H3. The summed E-state index contributed by atoms with van der Waals surface area (Å²) in [4.78, 5) is 31.1. The Bertz CT molecular complexity index is 1330. The second-order valence-corrected chi connectivity index (χ2v) is 10.1. The molecule has 202 valence electrons. The summed E-state index contributed by atoms with van der Waals surface area (Å²) in [6, 6.07) is 22.9. The second-order valence-electron chi connectivity index (χ2n) is 9.19. The molecule has 2 aromatic carbocycles. The SMILES string of the molecule is COc1cc(OC)nc(CSc2ncc(C(=O)N3CCN(C(c4ccccc4)c4ccccc4)CC3)n2C)n1. The fourth-order valence-electron chi connectivity index (χ4n) is 4.81. The van der Waals surface area contributed by atoms with E-state index in [1.54, 1.807) is 26.5 Å². The van der Waals surface area contributed by atoms with E-state index in [0.717, 1.165) is 18.2 Å². The topological polar surface area (TPSA) is 85.6 Å². The molecule has 5 rings (SSSR count). The van der Waals surface area contributed by atoms with Gasteiger partial charge in [0.05, 0.1) is 38.3 Å². The third-order valence-corrected chi connectivity index (χ3v) is 7.88. The predicted octanol–water partition coefficient (Wildman–Crippen LogP) is 4.07. The highest BCUT2D eigenvalue weighted by molar-refractivity contribution is 7.98. The molecule has 0 bridgehead atoms. The summed E-state index contributed by atoms with van der Waals surface area (Å²) in [6.07, 6.45) is 1.65. The number of hydrogen-bond acceptors (Lipinski definition) is 8. The van der Waals surface area contributed by atoms with E-state index in [0.29, 0.717) is 42.1 Å². The van der Waals surface area contributed by atoms with E-state index in [2.05, 4.69) is 68.4 Å². The monoisotopic (exact) mass is 544 g/mol. The van der Waals surface area contributed by atoms with E-state index in [1.165, 1.54) is 22.9 Å². The molecule has 0 aliphatic carbocycles. The molecule has 1 saturated heterocycles. The highest BCUT2D eigenvalue weighted by atomic mass is 32.2. The minimum Gasteiger partial charge on any atom is -0.481 e. The van der Waals surface area contributed by atoms with Gasteiger partial charge in [-0.1, -0.05) is 72.4 Å². The zero-order chi connectivity index (χ0) is 27.2. The zero-order valence-corrected chi connectivity index (χ0v) is 23.2. The van der Waals surface area contributed by atoms with Crippen LogP contribution in [0.5, 0.6) is 11.8 Å². The molecule has 0 N–H and O–H groups in total. The molecule has 9 nitrogen and oxygen atoms in total. The Morgan fingerprint density at radius 2 is 1.46 bits per heavy atom. The number of hydrogen-bond donors (Lipinski definition) is 0. The summed E-state index contributed by atoms with van der Waals surface area (Å²) in [7, 11) is 4.98. The average Bonchev–Trinajstić information content (AvgIpc) is 3.37. The number of carbonyl (C=O) groups excluding carboxylic acids is 1.